The van der Waals surface area contributed by atoms with Crippen LogP contribution in [0.25, 0.3) is 0 Å². The highest BCUT2D eigenvalue weighted by Crippen LogP contribution is 2.13. The molecular formula is C15H28N4O. The predicted octanol–water partition coefficient (Wildman–Crippen LogP) is 1.55. The Balaban J connectivity index is 1.82. The molecule has 1 aliphatic heterocycles. The van der Waals surface area contributed by atoms with Crippen molar-refractivity contribution in [1.82, 2.24) is 20.2 Å². The minimum absolute atomic E-state index is 0.596. The summed E-state index contributed by atoms with van der Waals surface area (Å²) in [7, 11) is 0. The number of aryl methyl sites for hydroxylation is 1. The van der Waals surface area contributed by atoms with Crippen LogP contribution in [0, 0.1) is 12.8 Å². The van der Waals surface area contributed by atoms with Crippen molar-refractivity contribution in [1.29, 1.82) is 0 Å². The van der Waals surface area contributed by atoms with Gasteiger partial charge in [0.05, 0.1) is 25.2 Å². The highest BCUT2D eigenvalue weighted by Gasteiger charge is 2.21. The number of ether oxygens (including phenoxy) is 1. The molecule has 0 saturated carbocycles. The van der Waals surface area contributed by atoms with Crippen molar-refractivity contribution >= 4 is 0 Å². The molecule has 0 amide bonds. The number of H-pyrrole nitrogens is 1. The third kappa shape index (κ3) is 4.58. The van der Waals surface area contributed by atoms with E-state index in [2.05, 4.69) is 41.0 Å². The molecule has 1 aromatic rings. The van der Waals surface area contributed by atoms with Crippen molar-refractivity contribution < 1.29 is 4.74 Å². The molecule has 5 heteroatoms. The quantitative estimate of drug-likeness (QED) is 0.796. The van der Waals surface area contributed by atoms with Crippen LogP contribution in [-0.4, -0.2) is 53.8 Å². The third-order valence-corrected chi connectivity index (χ3v) is 3.91. The second-order valence-corrected chi connectivity index (χ2v) is 6.04. The summed E-state index contributed by atoms with van der Waals surface area (Å²) in [6, 6.07) is 0.596. The molecule has 0 spiro atoms. The van der Waals surface area contributed by atoms with Crippen molar-refractivity contribution in [3.8, 4) is 0 Å². The molecule has 2 rings (SSSR count). The molecular weight excluding hydrogens is 252 g/mol. The Labute approximate surface area is 122 Å². The minimum Gasteiger partial charge on any atom is -0.379 e. The van der Waals surface area contributed by atoms with Gasteiger partial charge >= 0.3 is 0 Å². The first-order valence-corrected chi connectivity index (χ1v) is 7.68. The Hall–Kier alpha value is -0.910. The zero-order valence-electron chi connectivity index (χ0n) is 13.0. The second kappa shape index (κ2) is 7.76. The van der Waals surface area contributed by atoms with Gasteiger partial charge in [0.25, 0.3) is 0 Å². The number of rotatable bonds is 7. The van der Waals surface area contributed by atoms with Gasteiger partial charge in [-0.1, -0.05) is 13.8 Å². The van der Waals surface area contributed by atoms with Gasteiger partial charge in [-0.05, 0) is 19.3 Å². The summed E-state index contributed by atoms with van der Waals surface area (Å²) >= 11 is 0. The van der Waals surface area contributed by atoms with Gasteiger partial charge in [0.1, 0.15) is 0 Å². The zero-order chi connectivity index (χ0) is 14.4. The molecule has 20 heavy (non-hydrogen) atoms. The van der Waals surface area contributed by atoms with Gasteiger partial charge in [-0.15, -0.1) is 0 Å². The summed E-state index contributed by atoms with van der Waals surface area (Å²) < 4.78 is 5.46. The van der Waals surface area contributed by atoms with E-state index in [4.69, 9.17) is 4.74 Å². The van der Waals surface area contributed by atoms with Gasteiger partial charge in [0.15, 0.2) is 0 Å². The molecule has 1 atom stereocenters. The molecule has 5 nitrogen and oxygen atoms in total. The normalized spacial score (nSPS) is 18.6. The van der Waals surface area contributed by atoms with Crippen LogP contribution < -0.4 is 5.32 Å². The molecule has 1 aliphatic rings. The van der Waals surface area contributed by atoms with Crippen LogP contribution in [-0.2, 0) is 11.3 Å². The zero-order valence-corrected chi connectivity index (χ0v) is 13.0. The van der Waals surface area contributed by atoms with E-state index in [1.165, 1.54) is 6.42 Å². The first kappa shape index (κ1) is 15.5. The maximum Gasteiger partial charge on any atom is 0.0925 e. The Morgan fingerprint density at radius 2 is 2.15 bits per heavy atom. The molecule has 0 aromatic carbocycles. The highest BCUT2D eigenvalue weighted by atomic mass is 16.5. The van der Waals surface area contributed by atoms with Crippen molar-refractivity contribution in [2.45, 2.75) is 39.8 Å². The van der Waals surface area contributed by atoms with Gasteiger partial charge in [0, 0.05) is 37.9 Å². The van der Waals surface area contributed by atoms with Gasteiger partial charge in [-0.3, -0.25) is 4.90 Å². The van der Waals surface area contributed by atoms with Gasteiger partial charge in [0.2, 0.25) is 0 Å². The van der Waals surface area contributed by atoms with E-state index in [1.807, 2.05) is 0 Å². The molecule has 1 aromatic heterocycles. The van der Waals surface area contributed by atoms with Crippen LogP contribution in [0.4, 0.5) is 0 Å². The first-order chi connectivity index (χ1) is 9.66. The molecule has 1 saturated heterocycles. The van der Waals surface area contributed by atoms with E-state index in [0.717, 1.165) is 56.7 Å². The van der Waals surface area contributed by atoms with E-state index >= 15 is 0 Å². The minimum atomic E-state index is 0.596. The smallest absolute Gasteiger partial charge is 0.0925 e. The summed E-state index contributed by atoms with van der Waals surface area (Å²) in [6.07, 6.45) is 2.99. The van der Waals surface area contributed by atoms with Crippen molar-refractivity contribution in [3.63, 3.8) is 0 Å². The second-order valence-electron chi connectivity index (χ2n) is 6.04. The van der Waals surface area contributed by atoms with E-state index in [9.17, 15) is 0 Å². The monoisotopic (exact) mass is 280 g/mol. The lowest BCUT2D eigenvalue weighted by atomic mass is 10.0. The summed E-state index contributed by atoms with van der Waals surface area (Å²) in [5.41, 5.74) is 2.28. The fourth-order valence-electron chi connectivity index (χ4n) is 2.77. The first-order valence-electron chi connectivity index (χ1n) is 7.68. The highest BCUT2D eigenvalue weighted by molar-refractivity contribution is 5.07. The number of hydrogen-bond donors (Lipinski definition) is 2. The van der Waals surface area contributed by atoms with Crippen LogP contribution in [0.2, 0.25) is 0 Å². The summed E-state index contributed by atoms with van der Waals surface area (Å²) in [5, 5.41) is 3.57. The number of aromatic amines is 1. The Kier molecular flexibility index (Phi) is 6.01. The molecule has 0 radical (unpaired) electrons. The molecule has 1 unspecified atom stereocenters. The van der Waals surface area contributed by atoms with Crippen molar-refractivity contribution in [3.05, 3.63) is 17.7 Å². The third-order valence-electron chi connectivity index (χ3n) is 3.91. The molecule has 0 bridgehead atoms. The lowest BCUT2D eigenvalue weighted by Crippen LogP contribution is -2.48. The summed E-state index contributed by atoms with van der Waals surface area (Å²) in [6.45, 7) is 12.4. The van der Waals surface area contributed by atoms with E-state index < -0.39 is 0 Å². The largest absolute Gasteiger partial charge is 0.379 e. The number of morpholine rings is 1. The lowest BCUT2D eigenvalue weighted by Gasteiger charge is -2.35. The number of aromatic nitrogens is 2. The fraction of sp³-hybridized carbons (Fsp3) is 0.800. The standard InChI is InChI=1S/C15H28N4O/c1-12(2)8-14(19-4-6-20-7-5-19)9-16-10-15-13(3)17-11-18-15/h11-12,14,16H,4-10H2,1-3H3,(H,17,18). The summed E-state index contributed by atoms with van der Waals surface area (Å²) in [5.74, 6) is 0.719. The maximum absolute atomic E-state index is 5.46. The van der Waals surface area contributed by atoms with Gasteiger partial charge in [-0.25, -0.2) is 4.98 Å². The van der Waals surface area contributed by atoms with Gasteiger partial charge in [-0.2, -0.15) is 0 Å². The Morgan fingerprint density at radius 3 is 2.75 bits per heavy atom. The molecule has 2 heterocycles. The molecule has 1 fully saturated rings. The molecule has 114 valence electrons. The van der Waals surface area contributed by atoms with Crippen LogP contribution in [0.15, 0.2) is 6.33 Å². The van der Waals surface area contributed by atoms with Crippen molar-refractivity contribution in [2.24, 2.45) is 5.92 Å². The maximum atomic E-state index is 5.46. The average molecular weight is 280 g/mol. The number of nitrogens with one attached hydrogen (secondary N) is 2. The van der Waals surface area contributed by atoms with Gasteiger partial charge < -0.3 is 15.0 Å². The number of imidazole rings is 1. The van der Waals surface area contributed by atoms with Crippen LogP contribution in [0.1, 0.15) is 31.7 Å². The van der Waals surface area contributed by atoms with E-state index in [-0.39, 0.29) is 0 Å². The molecule has 0 aliphatic carbocycles. The average Bonchev–Trinajstić information content (AvgIpc) is 2.84. The fourth-order valence-corrected chi connectivity index (χ4v) is 2.77. The lowest BCUT2D eigenvalue weighted by molar-refractivity contribution is 0.0123. The van der Waals surface area contributed by atoms with Crippen LogP contribution in [0.5, 0.6) is 0 Å². The summed E-state index contributed by atoms with van der Waals surface area (Å²) in [4.78, 5) is 10.0. The topological polar surface area (TPSA) is 53.2 Å². The SMILES string of the molecule is Cc1[nH]cnc1CNCC(CC(C)C)N1CCOCC1. The van der Waals surface area contributed by atoms with Crippen molar-refractivity contribution in [2.75, 3.05) is 32.8 Å². The van der Waals surface area contributed by atoms with E-state index in [1.54, 1.807) is 6.33 Å². The number of hydrogen-bond acceptors (Lipinski definition) is 4. The molecule has 2 N–H and O–H groups in total. The predicted molar refractivity (Wildman–Crippen MR) is 80.7 cm³/mol. The Morgan fingerprint density at radius 1 is 1.40 bits per heavy atom. The Bertz CT molecular complexity index is 385. The van der Waals surface area contributed by atoms with E-state index in [0.29, 0.717) is 6.04 Å². The van der Waals surface area contributed by atoms with Crippen LogP contribution in [0.3, 0.4) is 0 Å². The number of nitrogens with zero attached hydrogens (tertiary/aromatic N) is 2. The van der Waals surface area contributed by atoms with Crippen LogP contribution >= 0.6 is 0 Å².